The summed E-state index contributed by atoms with van der Waals surface area (Å²) in [4.78, 5) is 20.6. The van der Waals surface area contributed by atoms with Gasteiger partial charge < -0.3 is 16.4 Å². The number of carbonyl (C=O) groups excluding carboxylic acids is 1. The predicted molar refractivity (Wildman–Crippen MR) is 105 cm³/mol. The average molecular weight is 365 g/mol. The maximum Gasteiger partial charge on any atom is 0.251 e. The van der Waals surface area contributed by atoms with Gasteiger partial charge in [0.2, 0.25) is 11.9 Å². The van der Waals surface area contributed by atoms with E-state index in [4.69, 9.17) is 5.73 Å². The van der Waals surface area contributed by atoms with E-state index in [2.05, 4.69) is 39.5 Å². The van der Waals surface area contributed by atoms with E-state index in [1.54, 1.807) is 36.5 Å². The molecule has 0 fully saturated rings. The maximum atomic E-state index is 12.2. The highest BCUT2D eigenvalue weighted by molar-refractivity contribution is 5.94. The van der Waals surface area contributed by atoms with Crippen LogP contribution in [0.15, 0.2) is 48.7 Å². The molecule has 27 heavy (non-hydrogen) atoms. The van der Waals surface area contributed by atoms with Gasteiger partial charge in [-0.3, -0.25) is 4.79 Å². The molecule has 0 saturated heterocycles. The van der Waals surface area contributed by atoms with Crippen LogP contribution in [-0.4, -0.2) is 32.2 Å². The summed E-state index contributed by atoms with van der Waals surface area (Å²) in [5, 5.41) is 10.3. The number of hydrogen-bond donors (Lipinski definition) is 3. The standard InChI is InChI=1S/C19H23N7O/c1-3-13(2)12-22-17(27)14-7-9-15(10-8-14)23-19-24-18(20)26(25-19)16-6-4-5-11-21-16/h4-11,13H,3,12H2,1-2H3,(H,22,27)(H3,20,23,24,25). The zero-order chi connectivity index (χ0) is 19.2. The van der Waals surface area contributed by atoms with E-state index in [1.165, 1.54) is 4.68 Å². The minimum atomic E-state index is -0.0800. The number of nitrogens with two attached hydrogens (primary N) is 1. The number of pyridine rings is 1. The third-order valence-electron chi connectivity index (χ3n) is 4.21. The van der Waals surface area contributed by atoms with Crippen molar-refractivity contribution in [3.63, 3.8) is 0 Å². The van der Waals surface area contributed by atoms with Gasteiger partial charge in [0.1, 0.15) is 0 Å². The minimum absolute atomic E-state index is 0.0800. The van der Waals surface area contributed by atoms with Crippen molar-refractivity contribution in [2.75, 3.05) is 17.6 Å². The summed E-state index contributed by atoms with van der Waals surface area (Å²) < 4.78 is 1.46. The molecule has 3 rings (SSSR count). The van der Waals surface area contributed by atoms with Crippen molar-refractivity contribution >= 4 is 23.5 Å². The summed E-state index contributed by atoms with van der Waals surface area (Å²) in [6, 6.07) is 12.6. The first kappa shape index (κ1) is 18.4. The van der Waals surface area contributed by atoms with Crippen molar-refractivity contribution < 1.29 is 4.79 Å². The molecule has 8 nitrogen and oxygen atoms in total. The van der Waals surface area contributed by atoms with Gasteiger partial charge in [-0.25, -0.2) is 4.98 Å². The number of carbonyl (C=O) groups is 1. The highest BCUT2D eigenvalue weighted by Gasteiger charge is 2.11. The van der Waals surface area contributed by atoms with Crippen LogP contribution in [0.1, 0.15) is 30.6 Å². The lowest BCUT2D eigenvalue weighted by molar-refractivity contribution is 0.0948. The molecule has 2 heterocycles. The molecule has 1 aromatic carbocycles. The van der Waals surface area contributed by atoms with E-state index in [1.807, 2.05) is 12.1 Å². The molecule has 0 spiro atoms. The number of amides is 1. The van der Waals surface area contributed by atoms with Gasteiger partial charge in [-0.15, -0.1) is 5.10 Å². The van der Waals surface area contributed by atoms with Crippen molar-refractivity contribution in [2.45, 2.75) is 20.3 Å². The summed E-state index contributed by atoms with van der Waals surface area (Å²) in [6.45, 7) is 4.88. The third-order valence-corrected chi connectivity index (χ3v) is 4.21. The average Bonchev–Trinajstić information content (AvgIpc) is 3.07. The topological polar surface area (TPSA) is 111 Å². The lowest BCUT2D eigenvalue weighted by Crippen LogP contribution is -2.27. The van der Waals surface area contributed by atoms with Crippen molar-refractivity contribution in [1.82, 2.24) is 25.1 Å². The summed E-state index contributed by atoms with van der Waals surface area (Å²) in [6.07, 6.45) is 2.69. The fourth-order valence-electron chi connectivity index (χ4n) is 2.37. The Labute approximate surface area is 157 Å². The van der Waals surface area contributed by atoms with Crippen LogP contribution >= 0.6 is 0 Å². The second-order valence-corrected chi connectivity index (χ2v) is 6.32. The van der Waals surface area contributed by atoms with E-state index in [9.17, 15) is 4.79 Å². The molecule has 0 aliphatic carbocycles. The quantitative estimate of drug-likeness (QED) is 0.594. The summed E-state index contributed by atoms with van der Waals surface area (Å²) in [5.41, 5.74) is 7.28. The van der Waals surface area contributed by atoms with Gasteiger partial charge in [0.25, 0.3) is 5.91 Å². The third kappa shape index (κ3) is 4.60. The molecule has 0 aliphatic heterocycles. The Morgan fingerprint density at radius 2 is 2.00 bits per heavy atom. The van der Waals surface area contributed by atoms with Crippen LogP contribution in [0.5, 0.6) is 0 Å². The monoisotopic (exact) mass is 365 g/mol. The number of nitrogens with one attached hydrogen (secondary N) is 2. The fourth-order valence-corrected chi connectivity index (χ4v) is 2.37. The Kier molecular flexibility index (Phi) is 5.65. The molecular weight excluding hydrogens is 342 g/mol. The zero-order valence-electron chi connectivity index (χ0n) is 15.4. The lowest BCUT2D eigenvalue weighted by atomic mass is 10.1. The highest BCUT2D eigenvalue weighted by atomic mass is 16.1. The minimum Gasteiger partial charge on any atom is -0.368 e. The maximum absolute atomic E-state index is 12.2. The van der Waals surface area contributed by atoms with Gasteiger partial charge in [0.05, 0.1) is 0 Å². The smallest absolute Gasteiger partial charge is 0.251 e. The number of benzene rings is 1. The Hall–Kier alpha value is -3.42. The summed E-state index contributed by atoms with van der Waals surface area (Å²) >= 11 is 0. The Morgan fingerprint density at radius 1 is 1.22 bits per heavy atom. The number of nitrogens with zero attached hydrogens (tertiary/aromatic N) is 4. The van der Waals surface area contributed by atoms with Crippen LogP contribution in [0.4, 0.5) is 17.6 Å². The van der Waals surface area contributed by atoms with Crippen LogP contribution in [0.3, 0.4) is 0 Å². The van der Waals surface area contributed by atoms with Crippen LogP contribution in [0, 0.1) is 5.92 Å². The number of nitrogen functional groups attached to an aromatic ring is 1. The van der Waals surface area contributed by atoms with Gasteiger partial charge in [0.15, 0.2) is 5.82 Å². The molecule has 140 valence electrons. The Balaban J connectivity index is 1.66. The highest BCUT2D eigenvalue weighted by Crippen LogP contribution is 2.17. The van der Waals surface area contributed by atoms with E-state index >= 15 is 0 Å². The molecule has 0 saturated carbocycles. The molecule has 2 aromatic heterocycles. The van der Waals surface area contributed by atoms with Crippen LogP contribution in [0.2, 0.25) is 0 Å². The van der Waals surface area contributed by atoms with Crippen LogP contribution in [-0.2, 0) is 0 Å². The van der Waals surface area contributed by atoms with Crippen molar-refractivity contribution in [1.29, 1.82) is 0 Å². The normalized spacial score (nSPS) is 11.8. The van der Waals surface area contributed by atoms with E-state index in [-0.39, 0.29) is 11.9 Å². The van der Waals surface area contributed by atoms with Gasteiger partial charge >= 0.3 is 0 Å². The number of rotatable bonds is 7. The van der Waals surface area contributed by atoms with Crippen molar-refractivity contribution in [3.8, 4) is 5.82 Å². The number of aromatic nitrogens is 4. The molecule has 1 unspecified atom stereocenters. The second-order valence-electron chi connectivity index (χ2n) is 6.32. The van der Waals surface area contributed by atoms with Crippen LogP contribution in [0.25, 0.3) is 5.82 Å². The Morgan fingerprint density at radius 3 is 2.67 bits per heavy atom. The second kappa shape index (κ2) is 8.31. The molecule has 4 N–H and O–H groups in total. The van der Waals surface area contributed by atoms with Gasteiger partial charge in [-0.2, -0.15) is 9.67 Å². The molecule has 0 bridgehead atoms. The molecule has 3 aromatic rings. The molecule has 0 radical (unpaired) electrons. The number of hydrogen-bond acceptors (Lipinski definition) is 6. The van der Waals surface area contributed by atoms with Crippen molar-refractivity contribution in [2.24, 2.45) is 5.92 Å². The Bertz CT molecular complexity index is 890. The molecule has 0 aliphatic rings. The van der Waals surface area contributed by atoms with E-state index in [0.717, 1.165) is 12.1 Å². The molecule has 8 heteroatoms. The van der Waals surface area contributed by atoms with Gasteiger partial charge in [-0.1, -0.05) is 26.3 Å². The summed E-state index contributed by atoms with van der Waals surface area (Å²) in [7, 11) is 0. The first-order chi connectivity index (χ1) is 13.1. The fraction of sp³-hybridized carbons (Fsp3) is 0.263. The van der Waals surface area contributed by atoms with Crippen LogP contribution < -0.4 is 16.4 Å². The molecular formula is C19H23N7O. The zero-order valence-corrected chi connectivity index (χ0v) is 15.4. The van der Waals surface area contributed by atoms with E-state index in [0.29, 0.717) is 29.8 Å². The number of anilines is 3. The SMILES string of the molecule is CCC(C)CNC(=O)c1ccc(Nc2nc(N)n(-c3ccccn3)n2)cc1. The lowest BCUT2D eigenvalue weighted by Gasteiger charge is -2.10. The largest absolute Gasteiger partial charge is 0.368 e. The predicted octanol–water partition coefficient (Wildman–Crippen LogP) is 2.76. The molecule has 1 atom stereocenters. The molecule has 1 amide bonds. The first-order valence-corrected chi connectivity index (χ1v) is 8.86. The first-order valence-electron chi connectivity index (χ1n) is 8.86. The van der Waals surface area contributed by atoms with Crippen molar-refractivity contribution in [3.05, 3.63) is 54.2 Å². The summed E-state index contributed by atoms with van der Waals surface area (Å²) in [5.74, 6) is 1.55. The van der Waals surface area contributed by atoms with Gasteiger partial charge in [0, 0.05) is 24.0 Å². The van der Waals surface area contributed by atoms with E-state index < -0.39 is 0 Å². The van der Waals surface area contributed by atoms with Gasteiger partial charge in [-0.05, 0) is 42.3 Å².